The highest BCUT2D eigenvalue weighted by molar-refractivity contribution is 6.32. The van der Waals surface area contributed by atoms with Crippen LogP contribution in [0.15, 0.2) is 258 Å². The van der Waals surface area contributed by atoms with Gasteiger partial charge in [-0.1, -0.05) is 188 Å². The largest absolute Gasteiger partial charge is 0.455 e. The molecule has 0 N–H and O–H groups in total. The van der Waals surface area contributed by atoms with Gasteiger partial charge in [-0.2, -0.15) is 0 Å². The predicted octanol–water partition coefficient (Wildman–Crippen LogP) is 20.5. The van der Waals surface area contributed by atoms with Gasteiger partial charge in [0, 0.05) is 49.1 Å². The monoisotopic (exact) mass is 951 g/mol. The summed E-state index contributed by atoms with van der Waals surface area (Å²) in [4.78, 5) is 0. The quantitative estimate of drug-likeness (QED) is 0.165. The lowest BCUT2D eigenvalue weighted by molar-refractivity contribution is 0.669. The summed E-state index contributed by atoms with van der Waals surface area (Å²) < 4.78 is 15.7. The molecule has 0 saturated carbocycles. The van der Waals surface area contributed by atoms with Gasteiger partial charge in [0.05, 0.1) is 11.0 Å². The lowest BCUT2D eigenvalue weighted by Gasteiger charge is -2.15. The summed E-state index contributed by atoms with van der Waals surface area (Å²) in [6, 6.07) is 91.3. The molecule has 0 saturated heterocycles. The zero-order valence-electron chi connectivity index (χ0n) is 40.4. The predicted molar refractivity (Wildman–Crippen MR) is 317 cm³/mol. The fourth-order valence-electron chi connectivity index (χ4n) is 12.9. The SMILES string of the molecule is c1cc(-c2ccc3c(c2)c2ccccc2c2cc4c5cc6c7ccccc7c7ccccc7c6cc5n(-c5cccc(-c6cccc7c6oc6ccccc67)c5)c4cc32)cc(-c2cccc3c2oc2ccccc23)c1. The third-order valence-electron chi connectivity index (χ3n) is 16.3. The second-order valence-corrected chi connectivity index (χ2v) is 20.3. The molecule has 0 spiro atoms. The molecule has 0 unspecified atom stereocenters. The lowest BCUT2D eigenvalue weighted by atomic mass is 9.90. The normalized spacial score (nSPS) is 12.3. The third kappa shape index (κ3) is 5.81. The zero-order valence-corrected chi connectivity index (χ0v) is 40.4. The van der Waals surface area contributed by atoms with Crippen LogP contribution >= 0.6 is 0 Å². The molecule has 3 heterocycles. The maximum atomic E-state index is 6.64. The number of nitrogens with zero attached hydrogens (tertiary/aromatic N) is 1. The Balaban J connectivity index is 0.927. The minimum Gasteiger partial charge on any atom is -0.455 e. The Hall–Kier alpha value is -9.96. The average molecular weight is 952 g/mol. The first-order valence-corrected chi connectivity index (χ1v) is 25.8. The fourth-order valence-corrected chi connectivity index (χ4v) is 12.9. The van der Waals surface area contributed by atoms with Crippen LogP contribution in [0, 0.1) is 0 Å². The van der Waals surface area contributed by atoms with Crippen molar-refractivity contribution >= 4 is 130 Å². The Labute approximate surface area is 429 Å². The van der Waals surface area contributed by atoms with Crippen molar-refractivity contribution in [2.24, 2.45) is 0 Å². The number of benzene rings is 14. The van der Waals surface area contributed by atoms with E-state index in [0.717, 1.165) is 82.9 Å². The molecule has 17 rings (SSSR count). The van der Waals surface area contributed by atoms with E-state index in [1.807, 2.05) is 12.1 Å². The van der Waals surface area contributed by atoms with E-state index in [1.54, 1.807) is 0 Å². The summed E-state index contributed by atoms with van der Waals surface area (Å²) in [6.07, 6.45) is 0. The molecule has 14 aromatic carbocycles. The maximum absolute atomic E-state index is 6.64. The van der Waals surface area contributed by atoms with Crippen LogP contribution in [0.1, 0.15) is 0 Å². The highest BCUT2D eigenvalue weighted by Crippen LogP contribution is 2.46. The van der Waals surface area contributed by atoms with E-state index in [-0.39, 0.29) is 0 Å². The van der Waals surface area contributed by atoms with Gasteiger partial charge in [-0.05, 0) is 148 Å². The number of hydrogen-bond acceptors (Lipinski definition) is 2. The van der Waals surface area contributed by atoms with Crippen molar-refractivity contribution in [1.82, 2.24) is 4.57 Å². The number of fused-ring (bicyclic) bond motifs is 21. The van der Waals surface area contributed by atoms with E-state index in [9.17, 15) is 0 Å². The molecular formula is C72H41NO2. The number of para-hydroxylation sites is 4. The third-order valence-corrected chi connectivity index (χ3v) is 16.3. The summed E-state index contributed by atoms with van der Waals surface area (Å²) in [5.74, 6) is 0. The van der Waals surface area contributed by atoms with Crippen LogP contribution in [0.3, 0.4) is 0 Å². The Kier molecular flexibility index (Phi) is 8.28. The van der Waals surface area contributed by atoms with Crippen molar-refractivity contribution in [1.29, 1.82) is 0 Å². The van der Waals surface area contributed by atoms with E-state index in [1.165, 1.54) is 86.5 Å². The Morgan fingerprint density at radius 3 is 1.12 bits per heavy atom. The molecule has 3 nitrogen and oxygen atoms in total. The first-order chi connectivity index (χ1) is 37.2. The minimum atomic E-state index is 0.897. The molecule has 0 bridgehead atoms. The molecule has 0 aliphatic carbocycles. The Morgan fingerprint density at radius 1 is 0.213 bits per heavy atom. The lowest BCUT2D eigenvalue weighted by Crippen LogP contribution is -1.95. The number of furan rings is 2. The molecule has 75 heavy (non-hydrogen) atoms. The maximum Gasteiger partial charge on any atom is 0.143 e. The van der Waals surface area contributed by atoms with Gasteiger partial charge in [0.2, 0.25) is 0 Å². The molecular weight excluding hydrogens is 911 g/mol. The molecule has 0 atom stereocenters. The van der Waals surface area contributed by atoms with Crippen molar-refractivity contribution in [3.63, 3.8) is 0 Å². The van der Waals surface area contributed by atoms with Crippen LogP contribution in [0.5, 0.6) is 0 Å². The van der Waals surface area contributed by atoms with Crippen LogP contribution < -0.4 is 0 Å². The van der Waals surface area contributed by atoms with Gasteiger partial charge in [-0.3, -0.25) is 0 Å². The van der Waals surface area contributed by atoms with E-state index in [2.05, 4.69) is 241 Å². The van der Waals surface area contributed by atoms with Crippen LogP contribution in [0.4, 0.5) is 0 Å². The van der Waals surface area contributed by atoms with Crippen molar-refractivity contribution in [2.75, 3.05) is 0 Å². The average Bonchev–Trinajstić information content (AvgIpc) is 4.22. The van der Waals surface area contributed by atoms with Crippen molar-refractivity contribution in [3.8, 4) is 39.1 Å². The smallest absolute Gasteiger partial charge is 0.143 e. The van der Waals surface area contributed by atoms with E-state index in [4.69, 9.17) is 8.83 Å². The van der Waals surface area contributed by atoms with Gasteiger partial charge in [0.15, 0.2) is 0 Å². The fraction of sp³-hybridized carbons (Fsp3) is 0. The van der Waals surface area contributed by atoms with E-state index < -0.39 is 0 Å². The summed E-state index contributed by atoms with van der Waals surface area (Å²) in [6.45, 7) is 0. The highest BCUT2D eigenvalue weighted by atomic mass is 16.3. The summed E-state index contributed by atoms with van der Waals surface area (Å²) in [5, 5.41) is 21.9. The van der Waals surface area contributed by atoms with Gasteiger partial charge in [-0.15, -0.1) is 0 Å². The second-order valence-electron chi connectivity index (χ2n) is 20.3. The number of rotatable bonds is 4. The van der Waals surface area contributed by atoms with Gasteiger partial charge in [0.25, 0.3) is 0 Å². The van der Waals surface area contributed by atoms with Gasteiger partial charge in [0.1, 0.15) is 22.3 Å². The van der Waals surface area contributed by atoms with Gasteiger partial charge >= 0.3 is 0 Å². The Bertz CT molecular complexity index is 5320. The summed E-state index contributed by atoms with van der Waals surface area (Å²) in [5.41, 5.74) is 13.8. The first-order valence-electron chi connectivity index (χ1n) is 25.8. The molecule has 17 aromatic rings. The number of hydrogen-bond donors (Lipinski definition) is 0. The Morgan fingerprint density at radius 2 is 0.587 bits per heavy atom. The molecule has 346 valence electrons. The summed E-state index contributed by atoms with van der Waals surface area (Å²) >= 11 is 0. The van der Waals surface area contributed by atoms with Crippen LogP contribution in [-0.4, -0.2) is 4.57 Å². The van der Waals surface area contributed by atoms with E-state index in [0.29, 0.717) is 0 Å². The summed E-state index contributed by atoms with van der Waals surface area (Å²) in [7, 11) is 0. The van der Waals surface area contributed by atoms with Crippen molar-refractivity contribution in [3.05, 3.63) is 249 Å². The van der Waals surface area contributed by atoms with Crippen molar-refractivity contribution in [2.45, 2.75) is 0 Å². The molecule has 0 amide bonds. The molecule has 3 heteroatoms. The molecule has 0 aliphatic heterocycles. The van der Waals surface area contributed by atoms with Crippen LogP contribution in [-0.2, 0) is 0 Å². The minimum absolute atomic E-state index is 0.897. The van der Waals surface area contributed by atoms with Gasteiger partial charge in [-0.25, -0.2) is 0 Å². The van der Waals surface area contributed by atoms with Crippen LogP contribution in [0.2, 0.25) is 0 Å². The standard InChI is InChI=1S/C72H41NO2/c1-3-21-51-49(19-1)50-20-2-4-22-52(50)63-40-67-65(38-61(51)63)66-39-62-54-24-6-5-23-53(54)60-37-43(42-15-11-16-44(35-42)47-27-13-29-58-56-25-7-9-31-69(56)74-71(47)58)33-34-55(60)64(62)41-68(66)73(67)46-18-12-17-45(36-46)48-28-14-30-59-57-26-8-10-32-70(57)75-72(48)59/h1-41H. The molecule has 0 fully saturated rings. The van der Waals surface area contributed by atoms with Crippen LogP contribution in [0.25, 0.3) is 169 Å². The van der Waals surface area contributed by atoms with Gasteiger partial charge < -0.3 is 13.4 Å². The zero-order chi connectivity index (χ0) is 48.9. The first kappa shape index (κ1) is 40.6. The second kappa shape index (κ2) is 15.3. The molecule has 0 aliphatic rings. The topological polar surface area (TPSA) is 31.2 Å². The van der Waals surface area contributed by atoms with Crippen molar-refractivity contribution < 1.29 is 8.83 Å². The molecule has 0 radical (unpaired) electrons. The number of aromatic nitrogens is 1. The molecule has 3 aromatic heterocycles. The van der Waals surface area contributed by atoms with E-state index >= 15 is 0 Å². The highest BCUT2D eigenvalue weighted by Gasteiger charge is 2.21.